The van der Waals surface area contributed by atoms with E-state index >= 15 is 0 Å². The minimum atomic E-state index is 0.614. The zero-order chi connectivity index (χ0) is 13.7. The maximum absolute atomic E-state index is 6.21. The van der Waals surface area contributed by atoms with Gasteiger partial charge in [0.05, 0.1) is 29.7 Å². The van der Waals surface area contributed by atoms with Gasteiger partial charge in [-0.15, -0.1) is 5.10 Å². The van der Waals surface area contributed by atoms with E-state index in [-0.39, 0.29) is 0 Å². The summed E-state index contributed by atoms with van der Waals surface area (Å²) in [7, 11) is 1.62. The van der Waals surface area contributed by atoms with Gasteiger partial charge in [-0.3, -0.25) is 0 Å². The van der Waals surface area contributed by atoms with E-state index in [1.807, 2.05) is 12.1 Å². The summed E-state index contributed by atoms with van der Waals surface area (Å²) in [4.78, 5) is 0. The van der Waals surface area contributed by atoms with Gasteiger partial charge in [-0.1, -0.05) is 23.7 Å². The zero-order valence-electron chi connectivity index (χ0n) is 11.1. The number of methoxy groups -OCH3 is 1. The predicted octanol–water partition coefficient (Wildman–Crippen LogP) is 2.43. The Labute approximate surface area is 117 Å². The number of hydrogen-bond acceptors (Lipinski definition) is 4. The van der Waals surface area contributed by atoms with Crippen LogP contribution in [0.1, 0.15) is 19.0 Å². The summed E-state index contributed by atoms with van der Waals surface area (Å²) in [6.07, 6.45) is 2.82. The van der Waals surface area contributed by atoms with Crippen LogP contribution in [0.25, 0.3) is 5.69 Å². The van der Waals surface area contributed by atoms with Gasteiger partial charge in [-0.2, -0.15) is 0 Å². The SMILES string of the molecule is CCCNCc1cnnn1-c1cc(OC)ccc1Cl. The van der Waals surface area contributed by atoms with E-state index in [4.69, 9.17) is 16.3 Å². The first-order valence-electron chi connectivity index (χ1n) is 6.20. The number of benzene rings is 1. The van der Waals surface area contributed by atoms with Crippen LogP contribution in [-0.4, -0.2) is 28.6 Å². The summed E-state index contributed by atoms with van der Waals surface area (Å²) >= 11 is 6.21. The summed E-state index contributed by atoms with van der Waals surface area (Å²) in [5.74, 6) is 0.738. The average molecular weight is 281 g/mol. The molecule has 0 spiro atoms. The molecule has 0 amide bonds. The first-order valence-corrected chi connectivity index (χ1v) is 6.58. The van der Waals surface area contributed by atoms with Gasteiger partial charge in [-0.05, 0) is 25.1 Å². The second-order valence-electron chi connectivity index (χ2n) is 4.13. The fourth-order valence-electron chi connectivity index (χ4n) is 1.75. The molecule has 5 nitrogen and oxygen atoms in total. The fraction of sp³-hybridized carbons (Fsp3) is 0.385. The molecule has 0 atom stereocenters. The number of nitrogens with zero attached hydrogens (tertiary/aromatic N) is 3. The van der Waals surface area contributed by atoms with Crippen molar-refractivity contribution >= 4 is 11.6 Å². The molecule has 1 aromatic heterocycles. The van der Waals surface area contributed by atoms with E-state index in [1.165, 1.54) is 0 Å². The van der Waals surface area contributed by atoms with Crippen molar-refractivity contribution in [1.82, 2.24) is 20.3 Å². The minimum Gasteiger partial charge on any atom is -0.497 e. The van der Waals surface area contributed by atoms with E-state index in [1.54, 1.807) is 24.1 Å². The second kappa shape index (κ2) is 6.54. The number of rotatable bonds is 6. The lowest BCUT2D eigenvalue weighted by Gasteiger charge is -2.10. The molecule has 6 heteroatoms. The van der Waals surface area contributed by atoms with Crippen LogP contribution in [0, 0.1) is 0 Å². The molecule has 0 aliphatic heterocycles. The molecule has 0 unspecified atom stereocenters. The summed E-state index contributed by atoms with van der Waals surface area (Å²) in [6, 6.07) is 5.46. The van der Waals surface area contributed by atoms with Gasteiger partial charge in [0.15, 0.2) is 0 Å². The molecule has 1 heterocycles. The van der Waals surface area contributed by atoms with Crippen molar-refractivity contribution in [2.75, 3.05) is 13.7 Å². The van der Waals surface area contributed by atoms with Gasteiger partial charge in [0, 0.05) is 12.6 Å². The minimum absolute atomic E-state index is 0.614. The molecule has 0 fully saturated rings. The number of nitrogens with one attached hydrogen (secondary N) is 1. The third-order valence-electron chi connectivity index (χ3n) is 2.73. The van der Waals surface area contributed by atoms with Gasteiger partial charge < -0.3 is 10.1 Å². The van der Waals surface area contributed by atoms with E-state index in [2.05, 4.69) is 22.6 Å². The molecule has 0 radical (unpaired) electrons. The van der Waals surface area contributed by atoms with E-state index in [9.17, 15) is 0 Å². The van der Waals surface area contributed by atoms with Crippen LogP contribution in [-0.2, 0) is 6.54 Å². The topological polar surface area (TPSA) is 52.0 Å². The first kappa shape index (κ1) is 13.8. The Morgan fingerprint density at radius 3 is 3.00 bits per heavy atom. The molecule has 1 N–H and O–H groups in total. The molecule has 0 aliphatic rings. The quantitative estimate of drug-likeness (QED) is 0.826. The van der Waals surface area contributed by atoms with E-state index in [0.29, 0.717) is 11.6 Å². The van der Waals surface area contributed by atoms with Gasteiger partial charge in [-0.25, -0.2) is 4.68 Å². The lowest BCUT2D eigenvalue weighted by molar-refractivity contribution is 0.414. The molecule has 0 saturated heterocycles. The third-order valence-corrected chi connectivity index (χ3v) is 3.05. The van der Waals surface area contributed by atoms with E-state index < -0.39 is 0 Å². The standard InChI is InChI=1S/C13H17ClN4O/c1-3-6-15-8-10-9-16-17-18(10)13-7-11(19-2)4-5-12(13)14/h4-5,7,9,15H,3,6,8H2,1-2H3. The monoisotopic (exact) mass is 280 g/mol. The zero-order valence-corrected chi connectivity index (χ0v) is 11.8. The molecule has 0 bridgehead atoms. The third kappa shape index (κ3) is 3.24. The van der Waals surface area contributed by atoms with Gasteiger partial charge in [0.2, 0.25) is 0 Å². The maximum Gasteiger partial charge on any atom is 0.121 e. The van der Waals surface area contributed by atoms with Crippen LogP contribution < -0.4 is 10.1 Å². The second-order valence-corrected chi connectivity index (χ2v) is 4.54. The fourth-order valence-corrected chi connectivity index (χ4v) is 1.95. The molecule has 0 saturated carbocycles. The highest BCUT2D eigenvalue weighted by Gasteiger charge is 2.10. The van der Waals surface area contributed by atoms with Crippen molar-refractivity contribution in [2.45, 2.75) is 19.9 Å². The Hall–Kier alpha value is -1.59. The Balaban J connectivity index is 2.28. The largest absolute Gasteiger partial charge is 0.497 e. The predicted molar refractivity (Wildman–Crippen MR) is 74.9 cm³/mol. The van der Waals surface area contributed by atoms with Crippen molar-refractivity contribution < 1.29 is 4.74 Å². The number of hydrogen-bond donors (Lipinski definition) is 1. The van der Waals surface area contributed by atoms with Crippen molar-refractivity contribution in [3.63, 3.8) is 0 Å². The lowest BCUT2D eigenvalue weighted by atomic mass is 10.3. The molecule has 102 valence electrons. The van der Waals surface area contributed by atoms with Crippen LogP contribution in [0.5, 0.6) is 5.75 Å². The normalized spacial score (nSPS) is 10.7. The van der Waals surface area contributed by atoms with Crippen LogP contribution in [0.15, 0.2) is 24.4 Å². The van der Waals surface area contributed by atoms with E-state index in [0.717, 1.165) is 30.1 Å². The van der Waals surface area contributed by atoms with Crippen LogP contribution in [0.3, 0.4) is 0 Å². The van der Waals surface area contributed by atoms with Crippen molar-refractivity contribution in [3.8, 4) is 11.4 Å². The van der Waals surface area contributed by atoms with Crippen molar-refractivity contribution in [2.24, 2.45) is 0 Å². The van der Waals surface area contributed by atoms with Gasteiger partial charge >= 0.3 is 0 Å². The van der Waals surface area contributed by atoms with Crippen molar-refractivity contribution in [1.29, 1.82) is 0 Å². The number of aromatic nitrogens is 3. The average Bonchev–Trinajstić information content (AvgIpc) is 2.88. The lowest BCUT2D eigenvalue weighted by Crippen LogP contribution is -2.17. The van der Waals surface area contributed by atoms with Crippen LogP contribution in [0.2, 0.25) is 5.02 Å². The Morgan fingerprint density at radius 2 is 2.26 bits per heavy atom. The van der Waals surface area contributed by atoms with Crippen LogP contribution >= 0.6 is 11.6 Å². The highest BCUT2D eigenvalue weighted by Crippen LogP contribution is 2.25. The van der Waals surface area contributed by atoms with Crippen LogP contribution in [0.4, 0.5) is 0 Å². The van der Waals surface area contributed by atoms with Gasteiger partial charge in [0.1, 0.15) is 5.75 Å². The molecule has 19 heavy (non-hydrogen) atoms. The number of halogens is 1. The molecule has 2 rings (SSSR count). The molecule has 2 aromatic rings. The molecule has 1 aromatic carbocycles. The Morgan fingerprint density at radius 1 is 1.42 bits per heavy atom. The maximum atomic E-state index is 6.21. The Bertz CT molecular complexity index is 541. The molecular formula is C13H17ClN4O. The number of ether oxygens (including phenoxy) is 1. The Kier molecular flexibility index (Phi) is 4.76. The molecule has 0 aliphatic carbocycles. The summed E-state index contributed by atoms with van der Waals surface area (Å²) in [5, 5.41) is 12.0. The smallest absolute Gasteiger partial charge is 0.121 e. The van der Waals surface area contributed by atoms with Gasteiger partial charge in [0.25, 0.3) is 0 Å². The highest BCUT2D eigenvalue weighted by molar-refractivity contribution is 6.32. The highest BCUT2D eigenvalue weighted by atomic mass is 35.5. The van der Waals surface area contributed by atoms with Crippen molar-refractivity contribution in [3.05, 3.63) is 35.1 Å². The summed E-state index contributed by atoms with van der Waals surface area (Å²) in [5.41, 5.74) is 1.73. The first-order chi connectivity index (χ1) is 9.26. The summed E-state index contributed by atoms with van der Waals surface area (Å²) in [6.45, 7) is 3.78. The summed E-state index contributed by atoms with van der Waals surface area (Å²) < 4.78 is 6.94. The molecular weight excluding hydrogens is 264 g/mol.